The van der Waals surface area contributed by atoms with E-state index in [1.54, 1.807) is 0 Å². The van der Waals surface area contributed by atoms with E-state index in [4.69, 9.17) is 5.11 Å². The van der Waals surface area contributed by atoms with Gasteiger partial charge in [-0.25, -0.2) is 0 Å². The molecule has 0 saturated carbocycles. The van der Waals surface area contributed by atoms with Gasteiger partial charge in [0, 0.05) is 25.9 Å². The third-order valence-electron chi connectivity index (χ3n) is 4.33. The quantitative estimate of drug-likeness (QED) is 0.756. The zero-order chi connectivity index (χ0) is 13.7. The first-order chi connectivity index (χ1) is 9.15. The van der Waals surface area contributed by atoms with E-state index in [0.717, 1.165) is 39.0 Å². The van der Waals surface area contributed by atoms with Crippen LogP contribution in [0.3, 0.4) is 0 Å². The third kappa shape index (κ3) is 4.49. The molecule has 2 unspecified atom stereocenters. The topological polar surface area (TPSA) is 69.6 Å². The highest BCUT2D eigenvalue weighted by molar-refractivity contribution is 5.76. The van der Waals surface area contributed by atoms with Gasteiger partial charge in [0.1, 0.15) is 0 Å². The van der Waals surface area contributed by atoms with Crippen molar-refractivity contribution < 1.29 is 14.7 Å². The minimum Gasteiger partial charge on any atom is -0.481 e. The molecule has 108 valence electrons. The van der Waals surface area contributed by atoms with E-state index < -0.39 is 5.97 Å². The fourth-order valence-electron chi connectivity index (χ4n) is 3.07. The second kappa shape index (κ2) is 6.89. The van der Waals surface area contributed by atoms with Crippen molar-refractivity contribution in [2.24, 2.45) is 11.8 Å². The molecule has 2 atom stereocenters. The van der Waals surface area contributed by atoms with Crippen molar-refractivity contribution in [3.05, 3.63) is 0 Å². The summed E-state index contributed by atoms with van der Waals surface area (Å²) in [6.45, 7) is 3.70. The van der Waals surface area contributed by atoms with Crippen LogP contribution in [0.2, 0.25) is 0 Å². The lowest BCUT2D eigenvalue weighted by molar-refractivity contribution is -0.137. The fraction of sp³-hybridized carbons (Fsp3) is 0.857. The van der Waals surface area contributed by atoms with E-state index in [2.05, 4.69) is 5.32 Å². The average molecular weight is 268 g/mol. The van der Waals surface area contributed by atoms with Crippen LogP contribution in [-0.2, 0) is 9.59 Å². The van der Waals surface area contributed by atoms with Crippen LogP contribution < -0.4 is 5.32 Å². The minimum atomic E-state index is -0.737. The Morgan fingerprint density at radius 1 is 1.16 bits per heavy atom. The Labute approximate surface area is 114 Å². The van der Waals surface area contributed by atoms with Gasteiger partial charge in [-0.1, -0.05) is 0 Å². The molecule has 2 fully saturated rings. The molecule has 2 N–H and O–H groups in total. The number of nitrogens with one attached hydrogen (secondary N) is 1. The van der Waals surface area contributed by atoms with Gasteiger partial charge in [-0.3, -0.25) is 9.59 Å². The second-order valence-electron chi connectivity index (χ2n) is 5.82. The number of carboxylic acid groups (broad SMARTS) is 1. The van der Waals surface area contributed by atoms with E-state index in [1.807, 2.05) is 4.90 Å². The van der Waals surface area contributed by atoms with E-state index in [9.17, 15) is 9.59 Å². The SMILES string of the molecule is O=C(O)CCC1CCN(C(=O)CCC2CCNC2)C1. The van der Waals surface area contributed by atoms with Gasteiger partial charge in [-0.05, 0) is 50.6 Å². The molecule has 0 radical (unpaired) electrons. The normalized spacial score (nSPS) is 26.8. The van der Waals surface area contributed by atoms with Crippen molar-refractivity contribution in [3.8, 4) is 0 Å². The van der Waals surface area contributed by atoms with E-state index >= 15 is 0 Å². The number of nitrogens with zero attached hydrogens (tertiary/aromatic N) is 1. The first kappa shape index (κ1) is 14.3. The third-order valence-corrected chi connectivity index (χ3v) is 4.33. The summed E-state index contributed by atoms with van der Waals surface area (Å²) in [5.41, 5.74) is 0. The highest BCUT2D eigenvalue weighted by Crippen LogP contribution is 2.23. The summed E-state index contributed by atoms with van der Waals surface area (Å²) >= 11 is 0. The maximum Gasteiger partial charge on any atom is 0.303 e. The molecule has 2 heterocycles. The summed E-state index contributed by atoms with van der Waals surface area (Å²) in [4.78, 5) is 24.5. The summed E-state index contributed by atoms with van der Waals surface area (Å²) in [5.74, 6) is 0.561. The number of carbonyl (C=O) groups is 2. The van der Waals surface area contributed by atoms with Crippen LogP contribution in [0.5, 0.6) is 0 Å². The molecular formula is C14H24N2O3. The predicted molar refractivity (Wildman–Crippen MR) is 71.8 cm³/mol. The van der Waals surface area contributed by atoms with Crippen LogP contribution in [0.25, 0.3) is 0 Å². The Bertz CT molecular complexity index is 327. The Hall–Kier alpha value is -1.10. The molecule has 0 bridgehead atoms. The predicted octanol–water partition coefficient (Wildman–Crippen LogP) is 1.09. The largest absolute Gasteiger partial charge is 0.481 e. The van der Waals surface area contributed by atoms with Crippen molar-refractivity contribution in [2.75, 3.05) is 26.2 Å². The summed E-state index contributed by atoms with van der Waals surface area (Å²) in [6.07, 6.45) is 4.71. The molecule has 2 aliphatic rings. The van der Waals surface area contributed by atoms with Gasteiger partial charge in [-0.2, -0.15) is 0 Å². The first-order valence-electron chi connectivity index (χ1n) is 7.35. The molecule has 2 aliphatic heterocycles. The number of carbonyl (C=O) groups excluding carboxylic acids is 1. The molecule has 19 heavy (non-hydrogen) atoms. The van der Waals surface area contributed by atoms with Crippen molar-refractivity contribution in [1.29, 1.82) is 0 Å². The molecule has 0 aromatic heterocycles. The smallest absolute Gasteiger partial charge is 0.303 e. The van der Waals surface area contributed by atoms with Crippen LogP contribution in [0.4, 0.5) is 0 Å². The first-order valence-corrected chi connectivity index (χ1v) is 7.35. The summed E-state index contributed by atoms with van der Waals surface area (Å²) in [7, 11) is 0. The molecule has 5 heteroatoms. The zero-order valence-corrected chi connectivity index (χ0v) is 11.4. The van der Waals surface area contributed by atoms with Gasteiger partial charge in [0.2, 0.25) is 5.91 Å². The highest BCUT2D eigenvalue weighted by atomic mass is 16.4. The number of carboxylic acids is 1. The van der Waals surface area contributed by atoms with Gasteiger partial charge >= 0.3 is 5.97 Å². The monoisotopic (exact) mass is 268 g/mol. The Balaban J connectivity index is 1.64. The van der Waals surface area contributed by atoms with Crippen LogP contribution in [-0.4, -0.2) is 48.1 Å². The van der Waals surface area contributed by atoms with Crippen LogP contribution in [0.15, 0.2) is 0 Å². The van der Waals surface area contributed by atoms with Crippen LogP contribution in [0.1, 0.15) is 38.5 Å². The molecule has 5 nitrogen and oxygen atoms in total. The summed E-state index contributed by atoms with van der Waals surface area (Å²) < 4.78 is 0. The second-order valence-corrected chi connectivity index (χ2v) is 5.82. The number of hydrogen-bond donors (Lipinski definition) is 2. The van der Waals surface area contributed by atoms with E-state index in [0.29, 0.717) is 24.7 Å². The van der Waals surface area contributed by atoms with Crippen LogP contribution in [0, 0.1) is 11.8 Å². The van der Waals surface area contributed by atoms with Gasteiger partial charge in [0.25, 0.3) is 0 Å². The Kier molecular flexibility index (Phi) is 5.19. The fourth-order valence-corrected chi connectivity index (χ4v) is 3.07. The Morgan fingerprint density at radius 3 is 2.63 bits per heavy atom. The Morgan fingerprint density at radius 2 is 1.95 bits per heavy atom. The van der Waals surface area contributed by atoms with E-state index in [-0.39, 0.29) is 12.3 Å². The standard InChI is InChI=1S/C14H24N2O3/c17-13(3-1-11-5-7-15-9-11)16-8-6-12(10-16)2-4-14(18)19/h11-12,15H,1-10H2,(H,18,19). The molecule has 1 amide bonds. The van der Waals surface area contributed by atoms with E-state index in [1.165, 1.54) is 6.42 Å². The molecule has 0 aliphatic carbocycles. The zero-order valence-electron chi connectivity index (χ0n) is 11.4. The molecule has 0 spiro atoms. The molecule has 0 aromatic rings. The molecular weight excluding hydrogens is 244 g/mol. The number of rotatable bonds is 6. The molecule has 0 aromatic carbocycles. The minimum absolute atomic E-state index is 0.223. The lowest BCUT2D eigenvalue weighted by Crippen LogP contribution is -2.29. The van der Waals surface area contributed by atoms with Gasteiger partial charge in [0.05, 0.1) is 0 Å². The molecule has 2 rings (SSSR count). The number of likely N-dealkylation sites (tertiary alicyclic amines) is 1. The van der Waals surface area contributed by atoms with Gasteiger partial charge in [0.15, 0.2) is 0 Å². The van der Waals surface area contributed by atoms with Crippen molar-refractivity contribution in [3.63, 3.8) is 0 Å². The maximum atomic E-state index is 12.1. The van der Waals surface area contributed by atoms with Crippen molar-refractivity contribution >= 4 is 11.9 Å². The number of hydrogen-bond acceptors (Lipinski definition) is 3. The highest BCUT2D eigenvalue weighted by Gasteiger charge is 2.27. The van der Waals surface area contributed by atoms with Crippen molar-refractivity contribution in [2.45, 2.75) is 38.5 Å². The summed E-state index contributed by atoms with van der Waals surface area (Å²) in [6, 6.07) is 0. The number of aliphatic carboxylic acids is 1. The average Bonchev–Trinajstić information content (AvgIpc) is 3.04. The van der Waals surface area contributed by atoms with Gasteiger partial charge in [-0.15, -0.1) is 0 Å². The lowest BCUT2D eigenvalue weighted by Gasteiger charge is -2.17. The maximum absolute atomic E-state index is 12.1. The van der Waals surface area contributed by atoms with Crippen molar-refractivity contribution in [1.82, 2.24) is 10.2 Å². The summed E-state index contributed by atoms with van der Waals surface area (Å²) in [5, 5.41) is 12.0. The molecule has 2 saturated heterocycles. The number of amides is 1. The van der Waals surface area contributed by atoms with Crippen LogP contribution >= 0.6 is 0 Å². The van der Waals surface area contributed by atoms with Gasteiger partial charge < -0.3 is 15.3 Å². The lowest BCUT2D eigenvalue weighted by atomic mass is 10.0.